The summed E-state index contributed by atoms with van der Waals surface area (Å²) in [5.74, 6) is 1.38. The molecule has 292 valence electrons. The molecule has 3 heterocycles. The predicted molar refractivity (Wildman–Crippen MR) is 207 cm³/mol. The van der Waals surface area contributed by atoms with Crippen LogP contribution in [0.4, 0.5) is 0 Å². The molecule has 2 bridgehead atoms. The van der Waals surface area contributed by atoms with E-state index in [0.717, 1.165) is 16.7 Å². The zero-order valence-corrected chi connectivity index (χ0v) is 33.2. The zero-order valence-electron chi connectivity index (χ0n) is 32.3. The van der Waals surface area contributed by atoms with Gasteiger partial charge in [0.2, 0.25) is 0 Å². The Morgan fingerprint density at radius 1 is 0.945 bits per heavy atom. The van der Waals surface area contributed by atoms with E-state index in [2.05, 4.69) is 43.4 Å². The first-order valence-electron chi connectivity index (χ1n) is 18.3. The molecule has 2 aliphatic heterocycles. The summed E-state index contributed by atoms with van der Waals surface area (Å²) in [6.45, 7) is 10.1. The van der Waals surface area contributed by atoms with Gasteiger partial charge in [-0.05, 0) is 75.6 Å². The number of aromatic amines is 1. The third-order valence-corrected chi connectivity index (χ3v) is 12.1. The monoisotopic (exact) mass is 772 g/mol. The van der Waals surface area contributed by atoms with Crippen LogP contribution in [0.3, 0.4) is 0 Å². The minimum absolute atomic E-state index is 0.0254. The van der Waals surface area contributed by atoms with E-state index < -0.39 is 49.4 Å². The van der Waals surface area contributed by atoms with Crippen molar-refractivity contribution in [1.29, 1.82) is 5.26 Å². The van der Waals surface area contributed by atoms with Crippen LogP contribution in [0, 0.1) is 18.3 Å². The second kappa shape index (κ2) is 17.2. The van der Waals surface area contributed by atoms with Gasteiger partial charge in [0.1, 0.15) is 34.9 Å². The molecule has 5 atom stereocenters. The summed E-state index contributed by atoms with van der Waals surface area (Å²) in [6.07, 6.45) is -0.901. The highest BCUT2D eigenvalue weighted by Gasteiger charge is 2.65. The third-order valence-electron chi connectivity index (χ3n) is 9.97. The number of methoxy groups -OCH3 is 2. The molecule has 3 aromatic carbocycles. The van der Waals surface area contributed by atoms with E-state index in [1.807, 2.05) is 78.9 Å². The van der Waals surface area contributed by atoms with E-state index in [1.165, 1.54) is 10.8 Å². The van der Waals surface area contributed by atoms with Crippen molar-refractivity contribution in [2.75, 3.05) is 34.0 Å². The van der Waals surface area contributed by atoms with Crippen molar-refractivity contribution in [3.63, 3.8) is 0 Å². The van der Waals surface area contributed by atoms with Gasteiger partial charge >= 0.3 is 5.69 Å². The van der Waals surface area contributed by atoms with Crippen LogP contribution in [0.2, 0.25) is 0 Å². The highest BCUT2D eigenvalue weighted by atomic mass is 31.2. The summed E-state index contributed by atoms with van der Waals surface area (Å²) in [4.78, 5) is 28.2. The van der Waals surface area contributed by atoms with Crippen molar-refractivity contribution in [2.24, 2.45) is 0 Å². The summed E-state index contributed by atoms with van der Waals surface area (Å²) >= 11 is 0. The topological polar surface area (TPSA) is 146 Å². The Morgan fingerprint density at radius 3 is 2.07 bits per heavy atom. The number of aryl methyl sites for hydroxylation is 1. The number of aromatic nitrogens is 2. The normalized spacial score (nSPS) is 21.3. The number of nitrogens with zero attached hydrogens (tertiary/aromatic N) is 3. The summed E-state index contributed by atoms with van der Waals surface area (Å²) in [6, 6.07) is 27.6. The fourth-order valence-electron chi connectivity index (χ4n) is 7.35. The molecule has 2 fully saturated rings. The molecule has 55 heavy (non-hydrogen) atoms. The van der Waals surface area contributed by atoms with Gasteiger partial charge in [-0.25, -0.2) is 9.46 Å². The average molecular weight is 773 g/mol. The number of fused-ring (bicyclic) bond motifs is 2. The Kier molecular flexibility index (Phi) is 12.6. The molecule has 1 aromatic heterocycles. The van der Waals surface area contributed by atoms with E-state index in [4.69, 9.17) is 32.7 Å². The lowest BCUT2D eigenvalue weighted by Gasteiger charge is -2.41. The fraction of sp³-hybridized carbons (Fsp3) is 0.439. The molecule has 2 aliphatic rings. The number of nitriles is 1. The smallest absolute Gasteiger partial charge is 0.330 e. The minimum atomic E-state index is -1.77. The van der Waals surface area contributed by atoms with Crippen LogP contribution in [-0.4, -0.2) is 78.2 Å². The lowest BCUT2D eigenvalue weighted by atomic mass is 9.79. The van der Waals surface area contributed by atoms with Crippen molar-refractivity contribution in [2.45, 2.75) is 82.8 Å². The maximum absolute atomic E-state index is 13.3. The lowest BCUT2D eigenvalue weighted by Crippen LogP contribution is -2.49. The molecule has 1 N–H and O–H groups in total. The van der Waals surface area contributed by atoms with E-state index in [9.17, 15) is 14.9 Å². The molecule has 0 saturated carbocycles. The third kappa shape index (κ3) is 8.00. The van der Waals surface area contributed by atoms with Crippen LogP contribution < -0.4 is 20.7 Å². The number of hydrogen-bond acceptors (Lipinski definition) is 11. The minimum Gasteiger partial charge on any atom is -0.497 e. The van der Waals surface area contributed by atoms with E-state index in [1.54, 1.807) is 21.1 Å². The molecule has 4 aromatic rings. The molecular formula is C41H49N4O9P. The van der Waals surface area contributed by atoms with Gasteiger partial charge in [-0.2, -0.15) is 5.26 Å². The summed E-state index contributed by atoms with van der Waals surface area (Å²) < 4.78 is 48.7. The average Bonchev–Trinajstić information content (AvgIpc) is 3.68. The highest BCUT2D eigenvalue weighted by Crippen LogP contribution is 2.56. The summed E-state index contributed by atoms with van der Waals surface area (Å²) in [7, 11) is 1.48. The molecule has 0 radical (unpaired) electrons. The van der Waals surface area contributed by atoms with Gasteiger partial charge in [0.25, 0.3) is 14.1 Å². The second-order valence-electron chi connectivity index (χ2n) is 14.2. The fourth-order valence-corrected chi connectivity index (χ4v) is 9.16. The number of ether oxygens (including phenoxy) is 5. The first-order valence-corrected chi connectivity index (χ1v) is 19.5. The number of H-pyrrole nitrogens is 1. The van der Waals surface area contributed by atoms with Gasteiger partial charge < -0.3 is 32.7 Å². The molecule has 2 saturated heterocycles. The number of nitrogens with one attached hydrogen (secondary N) is 1. The van der Waals surface area contributed by atoms with Gasteiger partial charge in [0.05, 0.1) is 46.5 Å². The van der Waals surface area contributed by atoms with Gasteiger partial charge in [-0.1, -0.05) is 54.6 Å². The van der Waals surface area contributed by atoms with Crippen LogP contribution in [0.25, 0.3) is 0 Å². The maximum Gasteiger partial charge on any atom is 0.330 e. The summed E-state index contributed by atoms with van der Waals surface area (Å²) in [5.41, 5.74) is -0.751. The van der Waals surface area contributed by atoms with Gasteiger partial charge in [0, 0.05) is 23.8 Å². The van der Waals surface area contributed by atoms with Crippen LogP contribution in [-0.2, 0) is 28.9 Å². The Hall–Kier alpha value is -4.38. The van der Waals surface area contributed by atoms with Gasteiger partial charge in [0.15, 0.2) is 6.23 Å². The summed E-state index contributed by atoms with van der Waals surface area (Å²) in [5, 5.41) is 9.37. The second-order valence-corrected chi connectivity index (χ2v) is 15.6. The molecule has 0 spiro atoms. The van der Waals surface area contributed by atoms with Crippen molar-refractivity contribution >= 4 is 8.53 Å². The SMILES string of the molecule is COc1ccc(C(OC[C@]23CO[C@H](C2OP(OCCC#N)N(C(C)C)C(C)C)[C@H](n2cc(C)c(=O)[nH]c2=O)O3)(c2ccccc2)c2ccc(OC)cc2)cc1. The van der Waals surface area contributed by atoms with E-state index >= 15 is 0 Å². The zero-order chi connectivity index (χ0) is 39.3. The molecular weight excluding hydrogens is 723 g/mol. The Labute approximate surface area is 322 Å². The van der Waals surface area contributed by atoms with Crippen molar-refractivity contribution in [3.05, 3.63) is 128 Å². The number of benzene rings is 3. The van der Waals surface area contributed by atoms with Crippen molar-refractivity contribution in [3.8, 4) is 17.6 Å². The Bertz CT molecular complexity index is 1990. The number of hydrogen-bond donors (Lipinski definition) is 1. The van der Waals surface area contributed by atoms with Gasteiger partial charge in [-0.15, -0.1) is 0 Å². The van der Waals surface area contributed by atoms with E-state index in [-0.39, 0.29) is 38.3 Å². The molecule has 2 unspecified atom stereocenters. The van der Waals surface area contributed by atoms with Crippen molar-refractivity contribution in [1.82, 2.24) is 14.2 Å². The van der Waals surface area contributed by atoms with Gasteiger partial charge in [-0.3, -0.25) is 14.3 Å². The van der Waals surface area contributed by atoms with Crippen molar-refractivity contribution < 1.29 is 32.7 Å². The quantitative estimate of drug-likeness (QED) is 0.0744. The maximum atomic E-state index is 13.3. The molecule has 14 heteroatoms. The predicted octanol–water partition coefficient (Wildman–Crippen LogP) is 6.20. The first kappa shape index (κ1) is 40.3. The lowest BCUT2D eigenvalue weighted by molar-refractivity contribution is -0.203. The Morgan fingerprint density at radius 2 is 1.53 bits per heavy atom. The molecule has 13 nitrogen and oxygen atoms in total. The van der Waals surface area contributed by atoms with Crippen LogP contribution >= 0.6 is 8.53 Å². The number of rotatable bonds is 17. The molecule has 0 amide bonds. The van der Waals surface area contributed by atoms with E-state index in [0.29, 0.717) is 17.1 Å². The molecule has 6 rings (SSSR count). The largest absolute Gasteiger partial charge is 0.497 e. The van der Waals surface area contributed by atoms with Crippen LogP contribution in [0.5, 0.6) is 11.5 Å². The molecule has 0 aliphatic carbocycles. The van der Waals surface area contributed by atoms with Crippen LogP contribution in [0.1, 0.15) is 62.6 Å². The highest BCUT2D eigenvalue weighted by molar-refractivity contribution is 7.44. The van der Waals surface area contributed by atoms with Crippen LogP contribution in [0.15, 0.2) is 94.6 Å². The first-order chi connectivity index (χ1) is 26.5. The Balaban J connectivity index is 1.49. The standard InChI is InChI=1S/C41H49N4O9P/c1-27(2)45(28(3)4)55(52-23-11-22-42)54-36-35-38(44-24-29(5)37(46)43-39(44)47)53-40(36,25-50-35)26-51-41(30-12-9-8-10-13-30,31-14-18-33(48-6)19-15-31)32-16-20-34(49-7)21-17-32/h8-10,12-21,24,27-28,35-36,38H,11,23,25-26H2,1-7H3,(H,43,46,47)/t35-,36?,38-,40-,55?/m1/s1.